The van der Waals surface area contributed by atoms with E-state index in [2.05, 4.69) is 11.1 Å². The molecular formula is C14H14ClNOS2. The average Bonchev–Trinajstić information content (AvgIpc) is 2.85. The molecule has 1 unspecified atom stereocenters. The van der Waals surface area contributed by atoms with Crippen molar-refractivity contribution in [2.75, 3.05) is 5.75 Å². The molecule has 1 atom stereocenters. The fourth-order valence-electron chi connectivity index (χ4n) is 2.21. The summed E-state index contributed by atoms with van der Waals surface area (Å²) >= 11 is 9.79. The number of aryl methyl sites for hydroxylation is 1. The second-order valence-corrected chi connectivity index (χ2v) is 7.27. The van der Waals surface area contributed by atoms with E-state index in [1.54, 1.807) is 23.7 Å². The van der Waals surface area contributed by atoms with E-state index in [0.717, 1.165) is 22.6 Å². The van der Waals surface area contributed by atoms with Gasteiger partial charge in [0, 0.05) is 34.3 Å². The number of thioether (sulfide) groups is 1. The highest BCUT2D eigenvalue weighted by Crippen LogP contribution is 2.35. The molecule has 3 heterocycles. The van der Waals surface area contributed by atoms with E-state index in [0.29, 0.717) is 11.4 Å². The van der Waals surface area contributed by atoms with Gasteiger partial charge in [-0.25, -0.2) is 0 Å². The van der Waals surface area contributed by atoms with Crippen LogP contribution in [0.25, 0.3) is 0 Å². The molecule has 100 valence electrons. The minimum absolute atomic E-state index is 0.472. The van der Waals surface area contributed by atoms with E-state index in [-0.39, 0.29) is 0 Å². The summed E-state index contributed by atoms with van der Waals surface area (Å²) in [4.78, 5) is 6.46. The Morgan fingerprint density at radius 1 is 1.47 bits per heavy atom. The summed E-state index contributed by atoms with van der Waals surface area (Å²) in [6.07, 6.45) is 4.55. The number of aliphatic hydroxyl groups excluding tert-OH is 1. The molecule has 0 fully saturated rings. The number of aliphatic hydroxyl groups is 1. The number of nitrogens with zero attached hydrogens (tertiary/aromatic N) is 1. The van der Waals surface area contributed by atoms with Crippen LogP contribution in [0.15, 0.2) is 24.5 Å². The standard InChI is InChI=1S/C14H14ClNOS2/c15-11-7-16-3-1-9(11)5-12(17)14-6-10-8-18-4-2-13(10)19-14/h1,3,6-7,12,17H,2,4-5,8H2. The third-order valence-electron chi connectivity index (χ3n) is 3.24. The molecule has 0 amide bonds. The third-order valence-corrected chi connectivity index (χ3v) is 5.93. The van der Waals surface area contributed by atoms with Gasteiger partial charge in [-0.1, -0.05) is 11.6 Å². The summed E-state index contributed by atoms with van der Waals surface area (Å²) in [5, 5.41) is 11.0. The van der Waals surface area contributed by atoms with Gasteiger partial charge in [-0.2, -0.15) is 11.8 Å². The number of aromatic nitrogens is 1. The summed E-state index contributed by atoms with van der Waals surface area (Å²) in [7, 11) is 0. The monoisotopic (exact) mass is 311 g/mol. The molecule has 5 heteroatoms. The fourth-order valence-corrected chi connectivity index (χ4v) is 4.77. The van der Waals surface area contributed by atoms with Crippen molar-refractivity contribution in [3.05, 3.63) is 50.4 Å². The lowest BCUT2D eigenvalue weighted by atomic mass is 10.1. The second-order valence-electron chi connectivity index (χ2n) is 4.59. The first-order valence-corrected chi connectivity index (χ1v) is 8.54. The zero-order valence-corrected chi connectivity index (χ0v) is 12.7. The summed E-state index contributed by atoms with van der Waals surface area (Å²) < 4.78 is 0. The maximum Gasteiger partial charge on any atom is 0.0922 e. The van der Waals surface area contributed by atoms with Crippen LogP contribution < -0.4 is 0 Å². The molecule has 0 bridgehead atoms. The first kappa shape index (κ1) is 13.4. The quantitative estimate of drug-likeness (QED) is 0.934. The van der Waals surface area contributed by atoms with E-state index in [9.17, 15) is 5.11 Å². The maximum absolute atomic E-state index is 10.4. The molecule has 19 heavy (non-hydrogen) atoms. The first-order chi connectivity index (χ1) is 9.24. The summed E-state index contributed by atoms with van der Waals surface area (Å²) in [5.74, 6) is 2.27. The molecule has 0 radical (unpaired) electrons. The molecule has 0 aromatic carbocycles. The van der Waals surface area contributed by atoms with E-state index in [1.807, 2.05) is 17.8 Å². The van der Waals surface area contributed by atoms with Gasteiger partial charge in [-0.3, -0.25) is 4.98 Å². The number of halogens is 1. The van der Waals surface area contributed by atoms with Crippen LogP contribution in [0.4, 0.5) is 0 Å². The van der Waals surface area contributed by atoms with Gasteiger partial charge in [0.05, 0.1) is 11.1 Å². The fraction of sp³-hybridized carbons (Fsp3) is 0.357. The summed E-state index contributed by atoms with van der Waals surface area (Å²) in [6.45, 7) is 0. The summed E-state index contributed by atoms with van der Waals surface area (Å²) in [5.41, 5.74) is 2.35. The van der Waals surface area contributed by atoms with Gasteiger partial charge in [-0.05, 0) is 35.4 Å². The molecule has 2 aromatic heterocycles. The number of pyridine rings is 1. The number of hydrogen-bond donors (Lipinski definition) is 1. The predicted octanol–water partition coefficient (Wildman–Crippen LogP) is 3.86. The Morgan fingerprint density at radius 2 is 2.37 bits per heavy atom. The molecule has 1 aliphatic rings. The van der Waals surface area contributed by atoms with Gasteiger partial charge in [0.25, 0.3) is 0 Å². The van der Waals surface area contributed by atoms with Crippen LogP contribution in [0.5, 0.6) is 0 Å². The SMILES string of the molecule is OC(Cc1ccncc1Cl)c1cc2c(s1)CCSC2. The van der Waals surface area contributed by atoms with Gasteiger partial charge in [0.15, 0.2) is 0 Å². The van der Waals surface area contributed by atoms with Gasteiger partial charge in [0.2, 0.25) is 0 Å². The van der Waals surface area contributed by atoms with Crippen molar-refractivity contribution in [2.24, 2.45) is 0 Å². The molecule has 3 rings (SSSR count). The Labute approximate surface area is 125 Å². The van der Waals surface area contributed by atoms with Gasteiger partial charge >= 0.3 is 0 Å². The molecule has 2 nitrogen and oxygen atoms in total. The predicted molar refractivity (Wildman–Crippen MR) is 82.1 cm³/mol. The highest BCUT2D eigenvalue weighted by atomic mass is 35.5. The Balaban J connectivity index is 1.79. The van der Waals surface area contributed by atoms with Crippen LogP contribution in [-0.2, 0) is 18.6 Å². The number of rotatable bonds is 3. The largest absolute Gasteiger partial charge is 0.387 e. The first-order valence-electron chi connectivity index (χ1n) is 6.19. The van der Waals surface area contributed by atoms with Gasteiger partial charge in [-0.15, -0.1) is 11.3 Å². The molecule has 1 N–H and O–H groups in total. The van der Waals surface area contributed by atoms with Crippen molar-refractivity contribution in [3.8, 4) is 0 Å². The van der Waals surface area contributed by atoms with Crippen molar-refractivity contribution in [3.63, 3.8) is 0 Å². The Morgan fingerprint density at radius 3 is 3.16 bits per heavy atom. The van der Waals surface area contributed by atoms with Gasteiger partial charge < -0.3 is 5.11 Å². The Kier molecular flexibility index (Phi) is 4.12. The van der Waals surface area contributed by atoms with Crippen molar-refractivity contribution in [1.82, 2.24) is 4.98 Å². The van der Waals surface area contributed by atoms with Crippen LogP contribution in [0, 0.1) is 0 Å². The minimum atomic E-state index is -0.472. The van der Waals surface area contributed by atoms with Gasteiger partial charge in [0.1, 0.15) is 0 Å². The number of thiophene rings is 1. The zero-order chi connectivity index (χ0) is 13.2. The lowest BCUT2D eigenvalue weighted by molar-refractivity contribution is 0.182. The molecule has 0 saturated heterocycles. The summed E-state index contributed by atoms with van der Waals surface area (Å²) in [6, 6.07) is 4.03. The van der Waals surface area contributed by atoms with Crippen LogP contribution in [0.1, 0.15) is 27.0 Å². The van der Waals surface area contributed by atoms with E-state index >= 15 is 0 Å². The topological polar surface area (TPSA) is 33.1 Å². The van der Waals surface area contributed by atoms with Crippen molar-refractivity contribution < 1.29 is 5.11 Å². The molecular weight excluding hydrogens is 298 g/mol. The highest BCUT2D eigenvalue weighted by Gasteiger charge is 2.18. The highest BCUT2D eigenvalue weighted by molar-refractivity contribution is 7.98. The third kappa shape index (κ3) is 2.97. The van der Waals surface area contributed by atoms with Crippen molar-refractivity contribution in [2.45, 2.75) is 24.7 Å². The van der Waals surface area contributed by atoms with E-state index in [1.165, 1.54) is 16.2 Å². The molecule has 0 spiro atoms. The second kappa shape index (κ2) is 5.83. The Hall–Kier alpha value is -0.550. The van der Waals surface area contributed by atoms with Crippen LogP contribution >= 0.6 is 34.7 Å². The normalized spacial score (nSPS) is 16.1. The lowest BCUT2D eigenvalue weighted by Gasteiger charge is -2.09. The number of fused-ring (bicyclic) bond motifs is 1. The zero-order valence-electron chi connectivity index (χ0n) is 10.3. The van der Waals surface area contributed by atoms with Crippen molar-refractivity contribution in [1.29, 1.82) is 0 Å². The average molecular weight is 312 g/mol. The van der Waals surface area contributed by atoms with Crippen LogP contribution in [0.3, 0.4) is 0 Å². The van der Waals surface area contributed by atoms with E-state index < -0.39 is 6.10 Å². The lowest BCUT2D eigenvalue weighted by Crippen LogP contribution is -2.00. The maximum atomic E-state index is 10.4. The minimum Gasteiger partial charge on any atom is -0.387 e. The van der Waals surface area contributed by atoms with Crippen molar-refractivity contribution >= 4 is 34.7 Å². The Bertz CT molecular complexity index is 561. The smallest absolute Gasteiger partial charge is 0.0922 e. The molecule has 0 saturated carbocycles. The van der Waals surface area contributed by atoms with Crippen LogP contribution in [-0.4, -0.2) is 15.8 Å². The number of hydrogen-bond acceptors (Lipinski definition) is 4. The molecule has 1 aliphatic heterocycles. The van der Waals surface area contributed by atoms with Crippen LogP contribution in [0.2, 0.25) is 5.02 Å². The molecule has 0 aliphatic carbocycles. The molecule has 2 aromatic rings. The van der Waals surface area contributed by atoms with E-state index in [4.69, 9.17) is 11.6 Å².